The van der Waals surface area contributed by atoms with Gasteiger partial charge >= 0.3 is 0 Å². The third kappa shape index (κ3) is 3.10. The molecule has 102 valence electrons. The monoisotopic (exact) mass is 276 g/mol. The summed E-state index contributed by atoms with van der Waals surface area (Å²) in [6.45, 7) is 8.42. The molecule has 19 heavy (non-hydrogen) atoms. The number of hydrogen-bond donors (Lipinski definition) is 1. The molecule has 1 aromatic carbocycles. The fourth-order valence-electron chi connectivity index (χ4n) is 1.97. The van der Waals surface area contributed by atoms with E-state index in [4.69, 9.17) is 5.73 Å². The number of nitrogens with two attached hydrogens (primary N) is 1. The van der Waals surface area contributed by atoms with Gasteiger partial charge in [-0.3, -0.25) is 4.57 Å². The lowest BCUT2D eigenvalue weighted by molar-refractivity contribution is 0.557. The molecule has 0 radical (unpaired) electrons. The normalized spacial score (nSPS) is 11.2. The maximum Gasteiger partial charge on any atom is 0.222 e. The summed E-state index contributed by atoms with van der Waals surface area (Å²) in [6, 6.07) is 6.79. The molecule has 0 bridgehead atoms. The van der Waals surface area contributed by atoms with E-state index in [1.54, 1.807) is 11.8 Å². The highest BCUT2D eigenvalue weighted by atomic mass is 32.2. The van der Waals surface area contributed by atoms with Crippen LogP contribution in [0.5, 0.6) is 0 Å². The SMILES string of the molecule is Cc1ccc(C)c(CSc2nnc(N)n2C(C)C)c1. The molecule has 0 saturated heterocycles. The highest BCUT2D eigenvalue weighted by molar-refractivity contribution is 7.98. The average molecular weight is 276 g/mol. The van der Waals surface area contributed by atoms with Crippen molar-refractivity contribution in [3.63, 3.8) is 0 Å². The van der Waals surface area contributed by atoms with Crippen LogP contribution in [-0.4, -0.2) is 14.8 Å². The van der Waals surface area contributed by atoms with Gasteiger partial charge in [-0.2, -0.15) is 0 Å². The zero-order valence-corrected chi connectivity index (χ0v) is 12.7. The molecule has 0 aliphatic rings. The van der Waals surface area contributed by atoms with Gasteiger partial charge in [0, 0.05) is 11.8 Å². The summed E-state index contributed by atoms with van der Waals surface area (Å²) in [5.41, 5.74) is 9.77. The number of aryl methyl sites for hydroxylation is 2. The van der Waals surface area contributed by atoms with Crippen LogP contribution in [0.25, 0.3) is 0 Å². The zero-order chi connectivity index (χ0) is 14.0. The second-order valence-corrected chi connectivity index (χ2v) is 5.97. The minimum absolute atomic E-state index is 0.274. The van der Waals surface area contributed by atoms with E-state index >= 15 is 0 Å². The van der Waals surface area contributed by atoms with Crippen LogP contribution in [0.2, 0.25) is 0 Å². The summed E-state index contributed by atoms with van der Waals surface area (Å²) in [7, 11) is 0. The van der Waals surface area contributed by atoms with E-state index in [2.05, 4.69) is 56.1 Å². The number of benzene rings is 1. The molecule has 0 spiro atoms. The van der Waals surface area contributed by atoms with Crippen LogP contribution >= 0.6 is 11.8 Å². The Labute approximate surface area is 118 Å². The van der Waals surface area contributed by atoms with Crippen LogP contribution in [-0.2, 0) is 5.75 Å². The molecule has 4 nitrogen and oxygen atoms in total. The Morgan fingerprint density at radius 2 is 2.00 bits per heavy atom. The molecular formula is C14H20N4S. The van der Waals surface area contributed by atoms with Gasteiger partial charge in [0.1, 0.15) is 0 Å². The van der Waals surface area contributed by atoms with Gasteiger partial charge in [0.25, 0.3) is 0 Å². The van der Waals surface area contributed by atoms with Crippen molar-refractivity contribution in [2.24, 2.45) is 0 Å². The highest BCUT2D eigenvalue weighted by Gasteiger charge is 2.13. The quantitative estimate of drug-likeness (QED) is 0.870. The van der Waals surface area contributed by atoms with Gasteiger partial charge in [-0.05, 0) is 38.8 Å². The molecule has 0 unspecified atom stereocenters. The number of nitrogen functional groups attached to an aromatic ring is 1. The Morgan fingerprint density at radius 3 is 2.68 bits per heavy atom. The van der Waals surface area contributed by atoms with Crippen molar-refractivity contribution in [1.29, 1.82) is 0 Å². The third-order valence-corrected chi connectivity index (χ3v) is 4.06. The Morgan fingerprint density at radius 1 is 1.26 bits per heavy atom. The van der Waals surface area contributed by atoms with E-state index < -0.39 is 0 Å². The lowest BCUT2D eigenvalue weighted by atomic mass is 10.1. The largest absolute Gasteiger partial charge is 0.368 e. The standard InChI is InChI=1S/C14H20N4S/c1-9(2)18-13(15)16-17-14(18)19-8-12-7-10(3)5-6-11(12)4/h5-7,9H,8H2,1-4H3,(H2,15,16). The molecule has 1 aromatic heterocycles. The van der Waals surface area contributed by atoms with Crippen molar-refractivity contribution in [3.8, 4) is 0 Å². The summed E-state index contributed by atoms with van der Waals surface area (Å²) in [6.07, 6.45) is 0. The fraction of sp³-hybridized carbons (Fsp3) is 0.429. The van der Waals surface area contributed by atoms with E-state index in [9.17, 15) is 0 Å². The number of aromatic nitrogens is 3. The van der Waals surface area contributed by atoms with Gasteiger partial charge < -0.3 is 5.73 Å². The van der Waals surface area contributed by atoms with Crippen LogP contribution in [0.3, 0.4) is 0 Å². The summed E-state index contributed by atoms with van der Waals surface area (Å²) in [5, 5.41) is 9.00. The van der Waals surface area contributed by atoms with Gasteiger partial charge in [0.2, 0.25) is 5.95 Å². The first-order valence-corrected chi connectivity index (χ1v) is 7.37. The van der Waals surface area contributed by atoms with Gasteiger partial charge in [-0.25, -0.2) is 0 Å². The Kier molecular flexibility index (Phi) is 4.14. The van der Waals surface area contributed by atoms with Crippen molar-refractivity contribution in [2.75, 3.05) is 5.73 Å². The summed E-state index contributed by atoms with van der Waals surface area (Å²) < 4.78 is 1.97. The molecular weight excluding hydrogens is 256 g/mol. The smallest absolute Gasteiger partial charge is 0.222 e. The van der Waals surface area contributed by atoms with Crippen LogP contribution < -0.4 is 5.73 Å². The van der Waals surface area contributed by atoms with Crippen molar-refractivity contribution >= 4 is 17.7 Å². The van der Waals surface area contributed by atoms with Gasteiger partial charge in [0.15, 0.2) is 5.16 Å². The zero-order valence-electron chi connectivity index (χ0n) is 11.8. The van der Waals surface area contributed by atoms with Crippen LogP contribution in [0.15, 0.2) is 23.4 Å². The second kappa shape index (κ2) is 5.65. The van der Waals surface area contributed by atoms with Crippen molar-refractivity contribution < 1.29 is 0 Å². The van der Waals surface area contributed by atoms with Crippen molar-refractivity contribution in [3.05, 3.63) is 34.9 Å². The molecule has 2 aromatic rings. The number of nitrogens with zero attached hydrogens (tertiary/aromatic N) is 3. The van der Waals surface area contributed by atoms with E-state index in [0.29, 0.717) is 5.95 Å². The van der Waals surface area contributed by atoms with Gasteiger partial charge in [0.05, 0.1) is 0 Å². The average Bonchev–Trinajstić information content (AvgIpc) is 2.72. The Balaban J connectivity index is 2.17. The van der Waals surface area contributed by atoms with E-state index in [0.717, 1.165) is 10.9 Å². The molecule has 0 aliphatic carbocycles. The van der Waals surface area contributed by atoms with Crippen molar-refractivity contribution in [1.82, 2.24) is 14.8 Å². The maximum atomic E-state index is 5.84. The summed E-state index contributed by atoms with van der Waals surface area (Å²) in [5.74, 6) is 1.37. The first-order valence-electron chi connectivity index (χ1n) is 6.38. The minimum Gasteiger partial charge on any atom is -0.368 e. The molecule has 0 amide bonds. The van der Waals surface area contributed by atoms with Crippen LogP contribution in [0, 0.1) is 13.8 Å². The minimum atomic E-state index is 0.274. The number of anilines is 1. The Hall–Kier alpha value is -1.49. The van der Waals surface area contributed by atoms with Crippen LogP contribution in [0.4, 0.5) is 5.95 Å². The van der Waals surface area contributed by atoms with E-state index in [1.807, 2.05) is 4.57 Å². The molecule has 0 fully saturated rings. The fourth-order valence-corrected chi connectivity index (χ4v) is 3.11. The molecule has 2 N–H and O–H groups in total. The van der Waals surface area contributed by atoms with E-state index in [-0.39, 0.29) is 6.04 Å². The van der Waals surface area contributed by atoms with E-state index in [1.165, 1.54) is 16.7 Å². The molecule has 5 heteroatoms. The molecule has 2 rings (SSSR count). The summed E-state index contributed by atoms with van der Waals surface area (Å²) in [4.78, 5) is 0. The van der Waals surface area contributed by atoms with Crippen molar-refractivity contribution in [2.45, 2.75) is 44.6 Å². The first kappa shape index (κ1) is 13.9. The lowest BCUT2D eigenvalue weighted by Gasteiger charge is -2.12. The lowest BCUT2D eigenvalue weighted by Crippen LogP contribution is -2.07. The maximum absolute atomic E-state index is 5.84. The molecule has 0 saturated carbocycles. The number of rotatable bonds is 4. The second-order valence-electron chi connectivity index (χ2n) is 5.02. The van der Waals surface area contributed by atoms with Crippen LogP contribution in [0.1, 0.15) is 36.6 Å². The summed E-state index contributed by atoms with van der Waals surface area (Å²) >= 11 is 1.68. The predicted octanol–water partition coefficient (Wildman–Crippen LogP) is 3.35. The Bertz CT molecular complexity index is 575. The third-order valence-electron chi connectivity index (χ3n) is 3.07. The molecule has 0 atom stereocenters. The van der Waals surface area contributed by atoms with Gasteiger partial charge in [-0.1, -0.05) is 35.5 Å². The highest BCUT2D eigenvalue weighted by Crippen LogP contribution is 2.27. The predicted molar refractivity (Wildman–Crippen MR) is 80.3 cm³/mol. The topological polar surface area (TPSA) is 56.7 Å². The number of hydrogen-bond acceptors (Lipinski definition) is 4. The van der Waals surface area contributed by atoms with Gasteiger partial charge in [-0.15, -0.1) is 10.2 Å². The molecule has 0 aliphatic heterocycles. The number of thioether (sulfide) groups is 1. The first-order chi connectivity index (χ1) is 8.99. The molecule has 1 heterocycles.